The van der Waals surface area contributed by atoms with E-state index in [1.165, 1.54) is 17.0 Å². The molecular formula is C23H18ClFN2O3. The molecule has 1 N–H and O–H groups in total. The molecule has 30 heavy (non-hydrogen) atoms. The lowest BCUT2D eigenvalue weighted by atomic mass is 9.95. The number of halogens is 2. The van der Waals surface area contributed by atoms with E-state index in [0.717, 1.165) is 0 Å². The summed E-state index contributed by atoms with van der Waals surface area (Å²) in [4.78, 5) is 27.1. The van der Waals surface area contributed by atoms with E-state index in [1.807, 2.05) is 6.07 Å². The fourth-order valence-electron chi connectivity index (χ4n) is 3.46. The summed E-state index contributed by atoms with van der Waals surface area (Å²) in [6, 6.07) is 19.2. The second-order valence-corrected chi connectivity index (χ2v) is 7.29. The molecule has 0 saturated carbocycles. The number of nitrogens with one attached hydrogen (secondary N) is 1. The number of hydrogen-bond acceptors (Lipinski definition) is 3. The molecule has 0 spiro atoms. The molecule has 1 atom stereocenters. The van der Waals surface area contributed by atoms with Crippen LogP contribution in [0.4, 0.5) is 10.1 Å². The molecule has 0 bridgehead atoms. The highest BCUT2D eigenvalue weighted by molar-refractivity contribution is 6.30. The Labute approximate surface area is 178 Å². The highest BCUT2D eigenvalue weighted by Crippen LogP contribution is 2.37. The third-order valence-electron chi connectivity index (χ3n) is 4.82. The van der Waals surface area contributed by atoms with Crippen LogP contribution in [0.3, 0.4) is 0 Å². The summed E-state index contributed by atoms with van der Waals surface area (Å²) < 4.78 is 19.1. The summed E-state index contributed by atoms with van der Waals surface area (Å²) in [7, 11) is 0. The van der Waals surface area contributed by atoms with Crippen molar-refractivity contribution >= 4 is 29.1 Å². The second kappa shape index (κ2) is 8.55. The van der Waals surface area contributed by atoms with Gasteiger partial charge in [0.15, 0.2) is 6.61 Å². The number of anilines is 1. The highest BCUT2D eigenvalue weighted by Gasteiger charge is 2.33. The maximum Gasteiger partial charge on any atom is 0.261 e. The molecule has 1 aliphatic heterocycles. The molecule has 0 aliphatic carbocycles. The molecule has 7 heteroatoms. The number of amides is 2. The van der Waals surface area contributed by atoms with E-state index in [-0.39, 0.29) is 25.0 Å². The number of carbonyl (C=O) groups is 2. The summed E-state index contributed by atoms with van der Waals surface area (Å²) in [5, 5.41) is 3.28. The number of hydrogen-bond donors (Lipinski definition) is 1. The van der Waals surface area contributed by atoms with Crippen LogP contribution in [0.15, 0.2) is 72.8 Å². The van der Waals surface area contributed by atoms with Gasteiger partial charge < -0.3 is 15.0 Å². The molecule has 1 heterocycles. The van der Waals surface area contributed by atoms with Crippen LogP contribution >= 0.6 is 11.6 Å². The second-order valence-electron chi connectivity index (χ2n) is 6.86. The first kappa shape index (κ1) is 19.9. The molecule has 0 radical (unpaired) electrons. The largest absolute Gasteiger partial charge is 0.484 e. The van der Waals surface area contributed by atoms with Crippen LogP contribution < -0.4 is 10.1 Å². The van der Waals surface area contributed by atoms with Crippen LogP contribution in [0.1, 0.15) is 17.2 Å². The van der Waals surface area contributed by atoms with Crippen LogP contribution in [-0.2, 0) is 9.59 Å². The van der Waals surface area contributed by atoms with Crippen molar-refractivity contribution in [2.45, 2.75) is 6.04 Å². The van der Waals surface area contributed by atoms with E-state index < -0.39 is 11.9 Å². The summed E-state index contributed by atoms with van der Waals surface area (Å²) in [5.41, 5.74) is 1.86. The third-order valence-corrected chi connectivity index (χ3v) is 5.05. The van der Waals surface area contributed by atoms with Gasteiger partial charge in [-0.3, -0.25) is 9.59 Å². The smallest absolute Gasteiger partial charge is 0.261 e. The van der Waals surface area contributed by atoms with Gasteiger partial charge in [-0.2, -0.15) is 0 Å². The van der Waals surface area contributed by atoms with Crippen molar-refractivity contribution in [3.63, 3.8) is 0 Å². The fraction of sp³-hybridized carbons (Fsp3) is 0.130. The maximum atomic E-state index is 13.5. The lowest BCUT2D eigenvalue weighted by molar-refractivity contribution is -0.138. The Hall–Kier alpha value is -3.38. The quantitative estimate of drug-likeness (QED) is 0.674. The number of fused-ring (bicyclic) bond motifs is 1. The SMILES string of the molecule is O=C1CN(C(=O)COc2ccccc2)C(c2ccc(F)cc2)c2cc(Cl)ccc2N1. The first-order valence-corrected chi connectivity index (χ1v) is 9.71. The Morgan fingerprint density at radius 3 is 2.57 bits per heavy atom. The zero-order valence-electron chi connectivity index (χ0n) is 15.8. The summed E-state index contributed by atoms with van der Waals surface area (Å²) in [6.07, 6.45) is 0. The average molecular weight is 425 g/mol. The minimum Gasteiger partial charge on any atom is -0.484 e. The predicted molar refractivity (Wildman–Crippen MR) is 112 cm³/mol. The standard InChI is InChI=1S/C23H18ClFN2O3/c24-16-8-11-20-19(12-16)23(15-6-9-17(25)10-7-15)27(13-21(28)26-20)22(29)14-30-18-4-2-1-3-5-18/h1-12,23H,13-14H2,(H,26,28). The monoisotopic (exact) mass is 424 g/mol. The van der Waals surface area contributed by atoms with Crippen LogP contribution in [0.25, 0.3) is 0 Å². The Bertz CT molecular complexity index is 1070. The van der Waals surface area contributed by atoms with Gasteiger partial charge in [0.1, 0.15) is 18.1 Å². The molecular weight excluding hydrogens is 407 g/mol. The minimum atomic E-state index is -0.634. The Kier molecular flexibility index (Phi) is 5.68. The van der Waals surface area contributed by atoms with E-state index in [0.29, 0.717) is 27.6 Å². The van der Waals surface area contributed by atoms with Crippen molar-refractivity contribution < 1.29 is 18.7 Å². The fourth-order valence-corrected chi connectivity index (χ4v) is 3.64. The van der Waals surface area contributed by atoms with E-state index in [1.54, 1.807) is 54.6 Å². The number of rotatable bonds is 4. The normalized spacial score (nSPS) is 15.7. The first-order chi connectivity index (χ1) is 14.5. The summed E-state index contributed by atoms with van der Waals surface area (Å²) in [5.74, 6) is -0.558. The van der Waals surface area contributed by atoms with E-state index in [4.69, 9.17) is 16.3 Å². The Balaban J connectivity index is 1.72. The van der Waals surface area contributed by atoms with Gasteiger partial charge in [0.05, 0.1) is 6.04 Å². The van der Waals surface area contributed by atoms with E-state index in [9.17, 15) is 14.0 Å². The zero-order chi connectivity index (χ0) is 21.1. The van der Waals surface area contributed by atoms with Gasteiger partial charge in [-0.15, -0.1) is 0 Å². The molecule has 3 aromatic carbocycles. The molecule has 0 fully saturated rings. The van der Waals surface area contributed by atoms with Gasteiger partial charge in [-0.1, -0.05) is 41.9 Å². The topological polar surface area (TPSA) is 58.6 Å². The Morgan fingerprint density at radius 2 is 1.83 bits per heavy atom. The Morgan fingerprint density at radius 1 is 1.10 bits per heavy atom. The maximum absolute atomic E-state index is 13.5. The van der Waals surface area contributed by atoms with Crippen LogP contribution in [0.2, 0.25) is 5.02 Å². The van der Waals surface area contributed by atoms with Gasteiger partial charge in [0, 0.05) is 16.3 Å². The third kappa shape index (κ3) is 4.28. The van der Waals surface area contributed by atoms with Gasteiger partial charge in [0.2, 0.25) is 5.91 Å². The van der Waals surface area contributed by atoms with Crippen molar-refractivity contribution in [1.29, 1.82) is 0 Å². The number of nitrogens with zero attached hydrogens (tertiary/aromatic N) is 1. The predicted octanol–water partition coefficient (Wildman–Crippen LogP) is 4.43. The molecule has 3 aromatic rings. The van der Waals surface area contributed by atoms with Crippen molar-refractivity contribution in [1.82, 2.24) is 4.90 Å². The van der Waals surface area contributed by atoms with E-state index >= 15 is 0 Å². The lowest BCUT2D eigenvalue weighted by Gasteiger charge is -2.30. The molecule has 0 saturated heterocycles. The number of carbonyl (C=O) groups excluding carboxylic acids is 2. The molecule has 5 nitrogen and oxygen atoms in total. The number of benzene rings is 3. The van der Waals surface area contributed by atoms with Crippen molar-refractivity contribution in [3.8, 4) is 5.75 Å². The van der Waals surface area contributed by atoms with Crippen molar-refractivity contribution in [3.05, 3.63) is 94.8 Å². The lowest BCUT2D eigenvalue weighted by Crippen LogP contribution is -2.41. The molecule has 2 amide bonds. The van der Waals surface area contributed by atoms with Gasteiger partial charge >= 0.3 is 0 Å². The minimum absolute atomic E-state index is 0.175. The number of para-hydroxylation sites is 1. The zero-order valence-corrected chi connectivity index (χ0v) is 16.6. The molecule has 0 aromatic heterocycles. The molecule has 4 rings (SSSR count). The van der Waals surface area contributed by atoms with Crippen LogP contribution in [-0.4, -0.2) is 29.9 Å². The van der Waals surface area contributed by atoms with E-state index in [2.05, 4.69) is 5.32 Å². The van der Waals surface area contributed by atoms with Crippen molar-refractivity contribution in [2.24, 2.45) is 0 Å². The van der Waals surface area contributed by atoms with Crippen LogP contribution in [0.5, 0.6) is 5.75 Å². The van der Waals surface area contributed by atoms with Gasteiger partial charge in [-0.05, 0) is 48.0 Å². The molecule has 1 unspecified atom stereocenters. The number of ether oxygens (including phenoxy) is 1. The molecule has 1 aliphatic rings. The highest BCUT2D eigenvalue weighted by atomic mass is 35.5. The molecule has 152 valence electrons. The van der Waals surface area contributed by atoms with Crippen molar-refractivity contribution in [2.75, 3.05) is 18.5 Å². The summed E-state index contributed by atoms with van der Waals surface area (Å²) in [6.45, 7) is -0.420. The first-order valence-electron chi connectivity index (χ1n) is 9.33. The van der Waals surface area contributed by atoms with Gasteiger partial charge in [0.25, 0.3) is 5.91 Å². The van der Waals surface area contributed by atoms with Crippen LogP contribution in [0, 0.1) is 5.82 Å². The average Bonchev–Trinajstić information content (AvgIpc) is 2.89. The summed E-state index contributed by atoms with van der Waals surface area (Å²) >= 11 is 6.21. The van der Waals surface area contributed by atoms with Gasteiger partial charge in [-0.25, -0.2) is 4.39 Å².